The lowest BCUT2D eigenvalue weighted by Crippen LogP contribution is -2.47. The number of hydrogen-bond donors (Lipinski definition) is 1. The summed E-state index contributed by atoms with van der Waals surface area (Å²) in [5.41, 5.74) is -0.569. The summed E-state index contributed by atoms with van der Waals surface area (Å²) in [6, 6.07) is 9.73. The van der Waals surface area contributed by atoms with Crippen LogP contribution in [0.4, 0.5) is 8.78 Å². The fraction of sp³-hybridized carbons (Fsp3) is 0.562. The van der Waals surface area contributed by atoms with E-state index in [1.807, 2.05) is 37.4 Å². The van der Waals surface area contributed by atoms with Crippen LogP contribution < -0.4 is 5.32 Å². The number of amides is 1. The van der Waals surface area contributed by atoms with Crippen molar-refractivity contribution in [2.24, 2.45) is 5.41 Å². The van der Waals surface area contributed by atoms with Gasteiger partial charge < -0.3 is 5.32 Å². The summed E-state index contributed by atoms with van der Waals surface area (Å²) in [6.07, 6.45) is -1.91. The highest BCUT2D eigenvalue weighted by molar-refractivity contribution is 5.82. The van der Waals surface area contributed by atoms with Gasteiger partial charge in [0.25, 0.3) is 6.43 Å². The Morgan fingerprint density at radius 1 is 1.33 bits per heavy atom. The van der Waals surface area contributed by atoms with Gasteiger partial charge in [0.15, 0.2) is 0 Å². The van der Waals surface area contributed by atoms with E-state index >= 15 is 0 Å². The molecule has 1 amide bonds. The molecule has 1 aliphatic rings. The molecule has 1 aromatic rings. The summed E-state index contributed by atoms with van der Waals surface area (Å²) >= 11 is 0. The van der Waals surface area contributed by atoms with Gasteiger partial charge in [-0.25, -0.2) is 8.78 Å². The number of carbonyl (C=O) groups excluding carboxylic acids is 1. The Morgan fingerprint density at radius 3 is 2.52 bits per heavy atom. The van der Waals surface area contributed by atoms with Gasteiger partial charge in [0.1, 0.15) is 5.41 Å². The fourth-order valence-electron chi connectivity index (χ4n) is 2.69. The standard InChI is InChI=1S/C16H22F2N2O/c1-16(2,14(17)18)15(21)19-12-9-10-20(3)13(12)11-7-5-4-6-8-11/h4-8,12-14H,9-10H2,1-3H3,(H,19,21)/t12-,13-/m1/s1. The molecule has 2 rings (SSSR count). The maximum absolute atomic E-state index is 13.0. The first-order chi connectivity index (χ1) is 9.84. The lowest BCUT2D eigenvalue weighted by atomic mass is 9.91. The molecule has 0 radical (unpaired) electrons. The molecule has 21 heavy (non-hydrogen) atoms. The fourth-order valence-corrected chi connectivity index (χ4v) is 2.69. The van der Waals surface area contributed by atoms with Crippen LogP contribution >= 0.6 is 0 Å². The second-order valence-electron chi connectivity index (χ2n) is 6.23. The van der Waals surface area contributed by atoms with E-state index in [-0.39, 0.29) is 12.1 Å². The molecule has 0 bridgehead atoms. The van der Waals surface area contributed by atoms with Crippen LogP contribution in [0.5, 0.6) is 0 Å². The van der Waals surface area contributed by atoms with E-state index < -0.39 is 17.7 Å². The van der Waals surface area contributed by atoms with Crippen LogP contribution in [0, 0.1) is 5.41 Å². The van der Waals surface area contributed by atoms with Crippen molar-refractivity contribution >= 4 is 5.91 Å². The molecule has 1 N–H and O–H groups in total. The third-order valence-electron chi connectivity index (χ3n) is 4.24. The smallest absolute Gasteiger partial charge is 0.252 e. The van der Waals surface area contributed by atoms with Crippen molar-refractivity contribution in [3.05, 3.63) is 35.9 Å². The molecule has 1 fully saturated rings. The largest absolute Gasteiger partial charge is 0.351 e. The number of rotatable bonds is 4. The van der Waals surface area contributed by atoms with Crippen molar-refractivity contribution in [3.8, 4) is 0 Å². The predicted octanol–water partition coefficient (Wildman–Crippen LogP) is 2.84. The van der Waals surface area contributed by atoms with Gasteiger partial charge in [-0.1, -0.05) is 30.3 Å². The summed E-state index contributed by atoms with van der Waals surface area (Å²) < 4.78 is 25.9. The number of likely N-dealkylation sites (N-methyl/N-ethyl adjacent to an activating group) is 1. The van der Waals surface area contributed by atoms with Crippen molar-refractivity contribution < 1.29 is 13.6 Å². The Labute approximate surface area is 124 Å². The topological polar surface area (TPSA) is 32.3 Å². The van der Waals surface area contributed by atoms with E-state index in [1.165, 1.54) is 13.8 Å². The van der Waals surface area contributed by atoms with Crippen LogP contribution in [0.15, 0.2) is 30.3 Å². The highest BCUT2D eigenvalue weighted by atomic mass is 19.3. The Balaban J connectivity index is 2.14. The maximum atomic E-state index is 13.0. The van der Waals surface area contributed by atoms with Crippen LogP contribution in [0.3, 0.4) is 0 Å². The molecule has 1 heterocycles. The molecule has 5 heteroatoms. The molecule has 1 saturated heterocycles. The average molecular weight is 296 g/mol. The van der Waals surface area contributed by atoms with Crippen LogP contribution in [0.2, 0.25) is 0 Å². The summed E-state index contributed by atoms with van der Waals surface area (Å²) in [7, 11) is 1.99. The van der Waals surface area contributed by atoms with E-state index in [4.69, 9.17) is 0 Å². The van der Waals surface area contributed by atoms with Crippen molar-refractivity contribution in [1.29, 1.82) is 0 Å². The van der Waals surface area contributed by atoms with E-state index in [1.54, 1.807) is 0 Å². The number of nitrogens with one attached hydrogen (secondary N) is 1. The molecule has 0 unspecified atom stereocenters. The number of likely N-dealkylation sites (tertiary alicyclic amines) is 1. The molecule has 116 valence electrons. The zero-order valence-electron chi connectivity index (χ0n) is 12.6. The molecule has 0 spiro atoms. The lowest BCUT2D eigenvalue weighted by molar-refractivity contribution is -0.138. The zero-order valence-corrected chi connectivity index (χ0v) is 12.6. The van der Waals surface area contributed by atoms with Crippen molar-refractivity contribution in [3.63, 3.8) is 0 Å². The molecular formula is C16H22F2N2O. The minimum Gasteiger partial charge on any atom is -0.351 e. The molecule has 2 atom stereocenters. The van der Waals surface area contributed by atoms with Gasteiger partial charge >= 0.3 is 0 Å². The van der Waals surface area contributed by atoms with Crippen LogP contribution in [-0.4, -0.2) is 36.9 Å². The molecule has 0 saturated carbocycles. The highest BCUT2D eigenvalue weighted by Gasteiger charge is 2.41. The van der Waals surface area contributed by atoms with Crippen molar-refractivity contribution in [2.45, 2.75) is 38.8 Å². The molecular weight excluding hydrogens is 274 g/mol. The van der Waals surface area contributed by atoms with Crippen molar-refractivity contribution in [1.82, 2.24) is 10.2 Å². The summed E-state index contributed by atoms with van der Waals surface area (Å²) in [6.45, 7) is 3.39. The summed E-state index contributed by atoms with van der Waals surface area (Å²) in [5, 5.41) is 2.82. The summed E-state index contributed by atoms with van der Waals surface area (Å²) in [4.78, 5) is 14.3. The van der Waals surface area contributed by atoms with Gasteiger partial charge in [-0.05, 0) is 32.9 Å². The van der Waals surface area contributed by atoms with Gasteiger partial charge in [-0.3, -0.25) is 9.69 Å². The molecule has 0 aromatic heterocycles. The second kappa shape index (κ2) is 6.10. The van der Waals surface area contributed by atoms with E-state index in [9.17, 15) is 13.6 Å². The number of alkyl halides is 2. The molecule has 1 aromatic carbocycles. The molecule has 0 aliphatic carbocycles. The second-order valence-corrected chi connectivity index (χ2v) is 6.23. The minimum atomic E-state index is -2.67. The van der Waals surface area contributed by atoms with Crippen LogP contribution in [0.1, 0.15) is 31.9 Å². The first-order valence-electron chi connectivity index (χ1n) is 7.18. The number of carbonyl (C=O) groups is 1. The number of nitrogens with zero attached hydrogens (tertiary/aromatic N) is 1. The Hall–Kier alpha value is -1.49. The molecule has 3 nitrogen and oxygen atoms in total. The lowest BCUT2D eigenvalue weighted by Gasteiger charge is -2.29. The predicted molar refractivity (Wildman–Crippen MR) is 78.1 cm³/mol. The van der Waals surface area contributed by atoms with E-state index in [2.05, 4.69) is 10.2 Å². The Kier molecular flexibility index (Phi) is 4.61. The third kappa shape index (κ3) is 3.23. The highest BCUT2D eigenvalue weighted by Crippen LogP contribution is 2.32. The number of hydrogen-bond acceptors (Lipinski definition) is 2. The SMILES string of the molecule is CN1CC[C@@H](NC(=O)C(C)(C)C(F)F)[C@H]1c1ccccc1. The van der Waals surface area contributed by atoms with Gasteiger partial charge in [0.2, 0.25) is 5.91 Å². The molecule has 1 aliphatic heterocycles. The van der Waals surface area contributed by atoms with Crippen LogP contribution in [0.25, 0.3) is 0 Å². The first-order valence-corrected chi connectivity index (χ1v) is 7.18. The number of halogens is 2. The van der Waals surface area contributed by atoms with Crippen molar-refractivity contribution in [2.75, 3.05) is 13.6 Å². The average Bonchev–Trinajstić information content (AvgIpc) is 2.80. The Bertz CT molecular complexity index is 490. The number of benzene rings is 1. The van der Waals surface area contributed by atoms with E-state index in [0.29, 0.717) is 0 Å². The minimum absolute atomic E-state index is 0.0311. The van der Waals surface area contributed by atoms with Gasteiger partial charge in [-0.2, -0.15) is 0 Å². The normalized spacial score (nSPS) is 23.5. The van der Waals surface area contributed by atoms with Gasteiger partial charge in [-0.15, -0.1) is 0 Å². The van der Waals surface area contributed by atoms with Gasteiger partial charge in [0.05, 0.1) is 6.04 Å². The van der Waals surface area contributed by atoms with Gasteiger partial charge in [0, 0.05) is 12.6 Å². The summed E-state index contributed by atoms with van der Waals surface area (Å²) in [5.74, 6) is -0.585. The maximum Gasteiger partial charge on any atom is 0.252 e. The Morgan fingerprint density at radius 2 is 1.95 bits per heavy atom. The third-order valence-corrected chi connectivity index (χ3v) is 4.24. The first kappa shape index (κ1) is 15.9. The zero-order chi connectivity index (χ0) is 15.6. The quantitative estimate of drug-likeness (QED) is 0.926. The van der Waals surface area contributed by atoms with Crippen LogP contribution in [-0.2, 0) is 4.79 Å². The van der Waals surface area contributed by atoms with E-state index in [0.717, 1.165) is 18.5 Å². The monoisotopic (exact) mass is 296 g/mol.